The van der Waals surface area contributed by atoms with E-state index in [4.69, 9.17) is 11.6 Å². The SMILES string of the molecule is O=Cc1ccc(C2CCNC2)c(Cl)c1. The molecule has 0 saturated carbocycles. The highest BCUT2D eigenvalue weighted by atomic mass is 35.5. The van der Waals surface area contributed by atoms with Crippen molar-refractivity contribution in [3.63, 3.8) is 0 Å². The van der Waals surface area contributed by atoms with Crippen molar-refractivity contribution in [2.75, 3.05) is 13.1 Å². The van der Waals surface area contributed by atoms with Gasteiger partial charge in [0.15, 0.2) is 0 Å². The van der Waals surface area contributed by atoms with Crippen molar-refractivity contribution in [3.8, 4) is 0 Å². The molecule has 1 saturated heterocycles. The zero-order valence-electron chi connectivity index (χ0n) is 7.79. The number of hydrogen-bond acceptors (Lipinski definition) is 2. The molecule has 3 heteroatoms. The first-order valence-corrected chi connectivity index (χ1v) is 5.14. The molecule has 2 nitrogen and oxygen atoms in total. The molecule has 1 aliphatic heterocycles. The minimum Gasteiger partial charge on any atom is -0.316 e. The van der Waals surface area contributed by atoms with Gasteiger partial charge in [-0.2, -0.15) is 0 Å². The number of carbonyl (C=O) groups excluding carboxylic acids is 1. The molecule has 0 aromatic heterocycles. The van der Waals surface area contributed by atoms with Gasteiger partial charge in [0.1, 0.15) is 6.29 Å². The van der Waals surface area contributed by atoms with E-state index in [0.717, 1.165) is 31.4 Å². The van der Waals surface area contributed by atoms with Gasteiger partial charge in [-0.25, -0.2) is 0 Å². The van der Waals surface area contributed by atoms with Gasteiger partial charge in [-0.15, -0.1) is 0 Å². The molecule has 0 bridgehead atoms. The van der Waals surface area contributed by atoms with Crippen LogP contribution in [0.3, 0.4) is 0 Å². The number of halogens is 1. The fourth-order valence-corrected chi connectivity index (χ4v) is 2.21. The van der Waals surface area contributed by atoms with Crippen LogP contribution in [0.2, 0.25) is 5.02 Å². The quantitative estimate of drug-likeness (QED) is 0.757. The Balaban J connectivity index is 2.29. The second-order valence-electron chi connectivity index (χ2n) is 3.59. The Kier molecular flexibility index (Phi) is 2.85. The van der Waals surface area contributed by atoms with Gasteiger partial charge in [-0.05, 0) is 30.5 Å². The van der Waals surface area contributed by atoms with Gasteiger partial charge in [0, 0.05) is 17.1 Å². The van der Waals surface area contributed by atoms with Gasteiger partial charge in [0.25, 0.3) is 0 Å². The van der Waals surface area contributed by atoms with Crippen LogP contribution in [0.4, 0.5) is 0 Å². The standard InChI is InChI=1S/C11H12ClNO/c12-11-5-8(7-14)1-2-10(11)9-3-4-13-6-9/h1-2,5,7,9,13H,3-4,6H2. The molecule has 1 N–H and O–H groups in total. The van der Waals surface area contributed by atoms with E-state index >= 15 is 0 Å². The molecule has 0 aliphatic carbocycles. The normalized spacial score (nSPS) is 21.1. The van der Waals surface area contributed by atoms with E-state index in [-0.39, 0.29) is 0 Å². The van der Waals surface area contributed by atoms with Gasteiger partial charge in [0.05, 0.1) is 0 Å². The average Bonchev–Trinajstić information content (AvgIpc) is 2.70. The molecule has 0 amide bonds. The lowest BCUT2D eigenvalue weighted by Gasteiger charge is -2.10. The number of aldehydes is 1. The Labute approximate surface area is 88.3 Å². The van der Waals surface area contributed by atoms with E-state index in [0.29, 0.717) is 16.5 Å². The highest BCUT2D eigenvalue weighted by molar-refractivity contribution is 6.31. The Morgan fingerprint density at radius 3 is 2.93 bits per heavy atom. The summed E-state index contributed by atoms with van der Waals surface area (Å²) in [4.78, 5) is 10.5. The Morgan fingerprint density at radius 2 is 2.36 bits per heavy atom. The van der Waals surface area contributed by atoms with E-state index in [1.165, 1.54) is 0 Å². The minimum atomic E-state index is 0.503. The summed E-state index contributed by atoms with van der Waals surface area (Å²) in [6, 6.07) is 5.53. The Hall–Kier alpha value is -0.860. The maximum atomic E-state index is 10.5. The van der Waals surface area contributed by atoms with Crippen LogP contribution in [0.1, 0.15) is 28.3 Å². The molecule has 1 atom stereocenters. The second kappa shape index (κ2) is 4.11. The smallest absolute Gasteiger partial charge is 0.150 e. The molecule has 1 aromatic carbocycles. The van der Waals surface area contributed by atoms with Crippen molar-refractivity contribution in [1.29, 1.82) is 0 Å². The highest BCUT2D eigenvalue weighted by Crippen LogP contribution is 2.29. The van der Waals surface area contributed by atoms with Crippen molar-refractivity contribution in [1.82, 2.24) is 5.32 Å². The van der Waals surface area contributed by atoms with Crippen LogP contribution in [-0.4, -0.2) is 19.4 Å². The molecule has 0 radical (unpaired) electrons. The number of nitrogens with one attached hydrogen (secondary N) is 1. The summed E-state index contributed by atoms with van der Waals surface area (Å²) in [5, 5.41) is 4.01. The monoisotopic (exact) mass is 209 g/mol. The lowest BCUT2D eigenvalue weighted by atomic mass is 9.97. The second-order valence-corrected chi connectivity index (χ2v) is 4.00. The van der Waals surface area contributed by atoms with Crippen molar-refractivity contribution in [3.05, 3.63) is 34.3 Å². The zero-order valence-corrected chi connectivity index (χ0v) is 8.55. The molecule has 1 aliphatic rings. The minimum absolute atomic E-state index is 0.503. The highest BCUT2D eigenvalue weighted by Gasteiger charge is 2.18. The van der Waals surface area contributed by atoms with Crippen LogP contribution in [-0.2, 0) is 0 Å². The predicted molar refractivity (Wildman–Crippen MR) is 57.1 cm³/mol. The molecule has 14 heavy (non-hydrogen) atoms. The van der Waals surface area contributed by atoms with Crippen LogP contribution >= 0.6 is 11.6 Å². The summed E-state index contributed by atoms with van der Waals surface area (Å²) >= 11 is 6.10. The topological polar surface area (TPSA) is 29.1 Å². The molecule has 74 valence electrons. The third-order valence-electron chi connectivity index (χ3n) is 2.66. The van der Waals surface area contributed by atoms with E-state index in [9.17, 15) is 4.79 Å². The Bertz CT molecular complexity index is 345. The van der Waals surface area contributed by atoms with Gasteiger partial charge in [-0.1, -0.05) is 23.7 Å². The van der Waals surface area contributed by atoms with E-state index in [1.807, 2.05) is 12.1 Å². The Morgan fingerprint density at radius 1 is 1.50 bits per heavy atom. The predicted octanol–water partition coefficient (Wildman–Crippen LogP) is 2.23. The maximum absolute atomic E-state index is 10.5. The van der Waals surface area contributed by atoms with Crippen molar-refractivity contribution < 1.29 is 4.79 Å². The summed E-state index contributed by atoms with van der Waals surface area (Å²) in [6.07, 6.45) is 1.95. The number of carbonyl (C=O) groups is 1. The molecule has 1 heterocycles. The first-order valence-electron chi connectivity index (χ1n) is 4.76. The molecular formula is C11H12ClNO. The van der Waals surface area contributed by atoms with Gasteiger partial charge in [-0.3, -0.25) is 4.79 Å². The average molecular weight is 210 g/mol. The van der Waals surface area contributed by atoms with Crippen LogP contribution in [0, 0.1) is 0 Å². The van der Waals surface area contributed by atoms with Gasteiger partial charge >= 0.3 is 0 Å². The van der Waals surface area contributed by atoms with Crippen LogP contribution in [0.25, 0.3) is 0 Å². The van der Waals surface area contributed by atoms with E-state index < -0.39 is 0 Å². The lowest BCUT2D eigenvalue weighted by Crippen LogP contribution is -2.08. The number of hydrogen-bond donors (Lipinski definition) is 1. The number of benzene rings is 1. The first-order chi connectivity index (χ1) is 6.81. The number of rotatable bonds is 2. The zero-order chi connectivity index (χ0) is 9.97. The summed E-state index contributed by atoms with van der Waals surface area (Å²) in [7, 11) is 0. The first kappa shape index (κ1) is 9.69. The molecule has 1 aromatic rings. The fourth-order valence-electron chi connectivity index (χ4n) is 1.87. The third kappa shape index (κ3) is 1.81. The van der Waals surface area contributed by atoms with Crippen LogP contribution in [0.15, 0.2) is 18.2 Å². The van der Waals surface area contributed by atoms with E-state index in [2.05, 4.69) is 5.32 Å². The molecule has 2 rings (SSSR count). The summed E-state index contributed by atoms with van der Waals surface area (Å²) < 4.78 is 0. The summed E-state index contributed by atoms with van der Waals surface area (Å²) in [5.74, 6) is 0.503. The van der Waals surface area contributed by atoms with Crippen LogP contribution < -0.4 is 5.32 Å². The molecule has 1 fully saturated rings. The van der Waals surface area contributed by atoms with Crippen molar-refractivity contribution in [2.45, 2.75) is 12.3 Å². The molecule has 0 spiro atoms. The van der Waals surface area contributed by atoms with Crippen LogP contribution in [0.5, 0.6) is 0 Å². The summed E-state index contributed by atoms with van der Waals surface area (Å²) in [6.45, 7) is 2.04. The van der Waals surface area contributed by atoms with Crippen molar-refractivity contribution >= 4 is 17.9 Å². The van der Waals surface area contributed by atoms with Crippen molar-refractivity contribution in [2.24, 2.45) is 0 Å². The lowest BCUT2D eigenvalue weighted by molar-refractivity contribution is 0.112. The van der Waals surface area contributed by atoms with Gasteiger partial charge < -0.3 is 5.32 Å². The molecular weight excluding hydrogens is 198 g/mol. The fraction of sp³-hybridized carbons (Fsp3) is 0.364. The summed E-state index contributed by atoms with van der Waals surface area (Å²) in [5.41, 5.74) is 1.80. The van der Waals surface area contributed by atoms with E-state index in [1.54, 1.807) is 6.07 Å². The largest absolute Gasteiger partial charge is 0.316 e. The third-order valence-corrected chi connectivity index (χ3v) is 2.99. The molecule has 1 unspecified atom stereocenters. The maximum Gasteiger partial charge on any atom is 0.150 e. The van der Waals surface area contributed by atoms with Gasteiger partial charge in [0.2, 0.25) is 0 Å².